The molecule has 0 saturated carbocycles. The van der Waals surface area contributed by atoms with Crippen molar-refractivity contribution in [3.63, 3.8) is 0 Å². The first-order chi connectivity index (χ1) is 17.0. The van der Waals surface area contributed by atoms with E-state index < -0.39 is 12.1 Å². The molecule has 9 heteroatoms. The molecule has 5 rings (SSSR count). The molecule has 2 aromatic carbocycles. The summed E-state index contributed by atoms with van der Waals surface area (Å²) in [7, 11) is 0. The lowest BCUT2D eigenvalue weighted by molar-refractivity contribution is -0.139. The third kappa shape index (κ3) is 4.90. The molecule has 3 aromatic rings. The second-order valence-corrected chi connectivity index (χ2v) is 9.61. The first-order valence-electron chi connectivity index (χ1n) is 11.6. The van der Waals surface area contributed by atoms with E-state index in [1.807, 2.05) is 24.3 Å². The second kappa shape index (κ2) is 9.87. The van der Waals surface area contributed by atoms with Crippen LogP contribution in [0.25, 0.3) is 11.1 Å². The molecule has 35 heavy (non-hydrogen) atoms. The summed E-state index contributed by atoms with van der Waals surface area (Å²) in [5.74, 6) is -1.08. The molecule has 2 heterocycles. The van der Waals surface area contributed by atoms with Gasteiger partial charge in [0.05, 0.1) is 18.5 Å². The Kier molecular flexibility index (Phi) is 6.50. The average Bonchev–Trinajstić information content (AvgIpc) is 3.55. The number of aromatic nitrogens is 1. The Labute approximate surface area is 206 Å². The van der Waals surface area contributed by atoms with E-state index in [-0.39, 0.29) is 37.3 Å². The van der Waals surface area contributed by atoms with Crippen molar-refractivity contribution in [3.8, 4) is 11.1 Å². The Morgan fingerprint density at radius 1 is 1.09 bits per heavy atom. The number of nitrogens with one attached hydrogen (secondary N) is 1. The summed E-state index contributed by atoms with van der Waals surface area (Å²) in [4.78, 5) is 42.2. The van der Waals surface area contributed by atoms with Gasteiger partial charge in [0.1, 0.15) is 6.61 Å². The minimum Gasteiger partial charge on any atom is -0.481 e. The number of aliphatic carboxylic acids is 1. The molecule has 8 nitrogen and oxygen atoms in total. The maximum atomic E-state index is 12.7. The van der Waals surface area contributed by atoms with Crippen molar-refractivity contribution in [2.45, 2.75) is 37.6 Å². The zero-order valence-electron chi connectivity index (χ0n) is 19.0. The molecular weight excluding hydrogens is 466 g/mol. The van der Waals surface area contributed by atoms with Crippen LogP contribution in [0, 0.1) is 0 Å². The summed E-state index contributed by atoms with van der Waals surface area (Å²) < 4.78 is 5.55. The van der Waals surface area contributed by atoms with Gasteiger partial charge in [-0.3, -0.25) is 14.9 Å². The molecule has 0 radical (unpaired) electrons. The van der Waals surface area contributed by atoms with E-state index >= 15 is 0 Å². The molecule has 2 aliphatic rings. The summed E-state index contributed by atoms with van der Waals surface area (Å²) in [6, 6.07) is 16.0. The van der Waals surface area contributed by atoms with Crippen molar-refractivity contribution >= 4 is 34.4 Å². The summed E-state index contributed by atoms with van der Waals surface area (Å²) in [5, 5.41) is 13.8. The average molecular weight is 492 g/mol. The quantitative estimate of drug-likeness (QED) is 0.503. The number of rotatable bonds is 7. The molecule has 0 spiro atoms. The number of benzene rings is 2. The Morgan fingerprint density at radius 3 is 2.46 bits per heavy atom. The van der Waals surface area contributed by atoms with Crippen molar-refractivity contribution in [2.75, 3.05) is 18.5 Å². The van der Waals surface area contributed by atoms with Crippen LogP contribution in [0.2, 0.25) is 0 Å². The van der Waals surface area contributed by atoms with Crippen molar-refractivity contribution in [1.29, 1.82) is 0 Å². The van der Waals surface area contributed by atoms with E-state index in [0.717, 1.165) is 28.7 Å². The number of ether oxygens (including phenoxy) is 1. The molecule has 0 bridgehead atoms. The Morgan fingerprint density at radius 2 is 1.77 bits per heavy atom. The summed E-state index contributed by atoms with van der Waals surface area (Å²) in [6.45, 7) is 0.766. The van der Waals surface area contributed by atoms with Crippen molar-refractivity contribution in [1.82, 2.24) is 9.88 Å². The van der Waals surface area contributed by atoms with E-state index in [1.165, 1.54) is 11.3 Å². The van der Waals surface area contributed by atoms with Gasteiger partial charge in [-0.1, -0.05) is 48.5 Å². The van der Waals surface area contributed by atoms with Crippen molar-refractivity contribution < 1.29 is 24.2 Å². The number of amides is 2. The number of thiazole rings is 1. The van der Waals surface area contributed by atoms with Crippen LogP contribution in [0.3, 0.4) is 0 Å². The summed E-state index contributed by atoms with van der Waals surface area (Å²) >= 11 is 1.22. The fraction of sp³-hybridized carbons (Fsp3) is 0.308. The largest absolute Gasteiger partial charge is 0.481 e. The molecule has 1 atom stereocenters. The fourth-order valence-corrected chi connectivity index (χ4v) is 5.70. The predicted octanol–water partition coefficient (Wildman–Crippen LogP) is 4.51. The van der Waals surface area contributed by atoms with Gasteiger partial charge in [0, 0.05) is 23.9 Å². The van der Waals surface area contributed by atoms with E-state index in [1.54, 1.807) is 10.3 Å². The van der Waals surface area contributed by atoms with Gasteiger partial charge >= 0.3 is 12.1 Å². The fourth-order valence-electron chi connectivity index (χ4n) is 5.00. The van der Waals surface area contributed by atoms with Gasteiger partial charge in [0.2, 0.25) is 5.91 Å². The normalized spacial score (nSPS) is 16.6. The van der Waals surface area contributed by atoms with Gasteiger partial charge in [-0.2, -0.15) is 0 Å². The highest BCUT2D eigenvalue weighted by Gasteiger charge is 2.31. The van der Waals surface area contributed by atoms with Gasteiger partial charge < -0.3 is 14.7 Å². The first-order valence-corrected chi connectivity index (χ1v) is 12.4. The first kappa shape index (κ1) is 23.0. The van der Waals surface area contributed by atoms with Crippen LogP contribution in [0.5, 0.6) is 0 Å². The highest BCUT2D eigenvalue weighted by Crippen LogP contribution is 2.44. The van der Waals surface area contributed by atoms with Crippen LogP contribution < -0.4 is 5.32 Å². The number of fused-ring (bicyclic) bond motifs is 3. The zero-order chi connectivity index (χ0) is 24.4. The highest BCUT2D eigenvalue weighted by molar-refractivity contribution is 7.13. The number of anilines is 1. The van der Waals surface area contributed by atoms with E-state index in [4.69, 9.17) is 9.84 Å². The topological polar surface area (TPSA) is 109 Å². The standard InChI is InChI=1S/C26H25N3O5S/c30-23(29-11-5-6-17(29)13-24(31)32)12-16-15-35-25(27-16)28-26(33)34-14-22-20-9-3-1-7-18(20)19-8-2-4-10-21(19)22/h1-4,7-10,15,17,22H,5-6,11-14H2,(H,31,32)(H,27,28,33). The Balaban J connectivity index is 1.17. The molecule has 1 fully saturated rings. The number of hydrogen-bond donors (Lipinski definition) is 2. The number of carboxylic acids is 1. The minimum atomic E-state index is -0.905. The monoisotopic (exact) mass is 491 g/mol. The molecule has 1 aliphatic carbocycles. The molecule has 2 amide bonds. The van der Waals surface area contributed by atoms with Crippen LogP contribution >= 0.6 is 11.3 Å². The second-order valence-electron chi connectivity index (χ2n) is 8.75. The number of carboxylic acid groups (broad SMARTS) is 1. The molecule has 1 unspecified atom stereocenters. The molecule has 1 saturated heterocycles. The summed E-state index contributed by atoms with van der Waals surface area (Å²) in [6.07, 6.45) is 0.926. The molecule has 1 aromatic heterocycles. The SMILES string of the molecule is O=C(O)CC1CCCN1C(=O)Cc1csc(NC(=O)OCC2c3ccccc3-c3ccccc32)n1. The Hall–Kier alpha value is -3.72. The maximum Gasteiger partial charge on any atom is 0.413 e. The van der Waals surface area contributed by atoms with Crippen molar-refractivity contribution in [3.05, 3.63) is 70.7 Å². The van der Waals surface area contributed by atoms with Crippen LogP contribution in [0.1, 0.15) is 42.0 Å². The number of carbonyl (C=O) groups is 3. The van der Waals surface area contributed by atoms with Crippen molar-refractivity contribution in [2.24, 2.45) is 0 Å². The van der Waals surface area contributed by atoms with Gasteiger partial charge in [0.25, 0.3) is 0 Å². The van der Waals surface area contributed by atoms with E-state index in [9.17, 15) is 14.4 Å². The third-order valence-corrected chi connectivity index (χ3v) is 7.35. The predicted molar refractivity (Wildman–Crippen MR) is 131 cm³/mol. The van der Waals surface area contributed by atoms with Crippen LogP contribution in [0.4, 0.5) is 9.93 Å². The van der Waals surface area contributed by atoms with Gasteiger partial charge in [-0.25, -0.2) is 9.78 Å². The lowest BCUT2D eigenvalue weighted by atomic mass is 9.98. The van der Waals surface area contributed by atoms with Crippen LogP contribution in [-0.4, -0.2) is 52.2 Å². The zero-order valence-corrected chi connectivity index (χ0v) is 19.8. The highest BCUT2D eigenvalue weighted by atomic mass is 32.1. The molecular formula is C26H25N3O5S. The summed E-state index contributed by atoms with van der Waals surface area (Å²) in [5.41, 5.74) is 5.14. The smallest absolute Gasteiger partial charge is 0.413 e. The Bertz CT molecular complexity index is 1230. The van der Waals surface area contributed by atoms with E-state index in [2.05, 4.69) is 34.6 Å². The number of nitrogens with zero attached hydrogens (tertiary/aromatic N) is 2. The van der Waals surface area contributed by atoms with Crippen LogP contribution in [-0.2, 0) is 20.7 Å². The number of likely N-dealkylation sites (tertiary alicyclic amines) is 1. The van der Waals surface area contributed by atoms with E-state index in [0.29, 0.717) is 23.8 Å². The molecule has 1 aliphatic heterocycles. The molecule has 180 valence electrons. The maximum absolute atomic E-state index is 12.7. The van der Waals surface area contributed by atoms with Crippen LogP contribution in [0.15, 0.2) is 53.9 Å². The number of carbonyl (C=O) groups excluding carboxylic acids is 2. The van der Waals surface area contributed by atoms with Gasteiger partial charge in [-0.05, 0) is 35.1 Å². The van der Waals surface area contributed by atoms with Gasteiger partial charge in [-0.15, -0.1) is 11.3 Å². The minimum absolute atomic E-state index is 0.0307. The third-order valence-electron chi connectivity index (χ3n) is 6.54. The lowest BCUT2D eigenvalue weighted by Gasteiger charge is -2.23. The van der Waals surface area contributed by atoms with Gasteiger partial charge in [0.15, 0.2) is 5.13 Å². The molecule has 2 N–H and O–H groups in total. The lowest BCUT2D eigenvalue weighted by Crippen LogP contribution is -2.37. The number of hydrogen-bond acceptors (Lipinski definition) is 6.